The van der Waals surface area contributed by atoms with Gasteiger partial charge in [0.05, 0.1) is 5.69 Å². The fraction of sp³-hybridized carbons (Fsp3) is 0.538. The molecule has 1 fully saturated rings. The van der Waals surface area contributed by atoms with E-state index >= 15 is 0 Å². The highest BCUT2D eigenvalue weighted by Gasteiger charge is 2.18. The van der Waals surface area contributed by atoms with Crippen LogP contribution in [0.1, 0.15) is 32.6 Å². The monoisotopic (exact) mass is 285 g/mol. The summed E-state index contributed by atoms with van der Waals surface area (Å²) < 4.78 is 14.4. The summed E-state index contributed by atoms with van der Waals surface area (Å²) in [4.78, 5) is 0. The van der Waals surface area contributed by atoms with Crippen molar-refractivity contribution in [1.29, 1.82) is 0 Å². The highest BCUT2D eigenvalue weighted by Crippen LogP contribution is 2.28. The van der Waals surface area contributed by atoms with Gasteiger partial charge in [-0.3, -0.25) is 0 Å². The zero-order valence-electron chi connectivity index (χ0n) is 9.47. The van der Waals surface area contributed by atoms with Crippen LogP contribution < -0.4 is 5.32 Å². The summed E-state index contributed by atoms with van der Waals surface area (Å²) in [6, 6.07) is 5.47. The molecule has 1 aromatic rings. The van der Waals surface area contributed by atoms with Gasteiger partial charge in [-0.05, 0) is 49.8 Å². The Morgan fingerprint density at radius 1 is 1.25 bits per heavy atom. The molecule has 0 unspecified atom stereocenters. The second-order valence-corrected chi connectivity index (χ2v) is 5.64. The van der Waals surface area contributed by atoms with E-state index < -0.39 is 0 Å². The van der Waals surface area contributed by atoms with Gasteiger partial charge in [0, 0.05) is 10.5 Å². The van der Waals surface area contributed by atoms with E-state index in [4.69, 9.17) is 0 Å². The highest BCUT2D eigenvalue weighted by molar-refractivity contribution is 9.10. The lowest BCUT2D eigenvalue weighted by atomic mass is 9.87. The lowest BCUT2D eigenvalue weighted by Crippen LogP contribution is -2.25. The van der Waals surface area contributed by atoms with E-state index in [0.29, 0.717) is 11.7 Å². The fourth-order valence-electron chi connectivity index (χ4n) is 2.23. The number of nitrogens with one attached hydrogen (secondary N) is 1. The van der Waals surface area contributed by atoms with Crippen molar-refractivity contribution in [2.45, 2.75) is 38.6 Å². The Balaban J connectivity index is 2.00. The van der Waals surface area contributed by atoms with Crippen molar-refractivity contribution >= 4 is 21.6 Å². The van der Waals surface area contributed by atoms with Gasteiger partial charge in [0.25, 0.3) is 0 Å². The highest BCUT2D eigenvalue weighted by atomic mass is 79.9. The molecule has 0 saturated heterocycles. The number of anilines is 1. The maximum atomic E-state index is 13.5. The first-order chi connectivity index (χ1) is 7.65. The first-order valence-corrected chi connectivity index (χ1v) is 6.66. The number of rotatable bonds is 2. The molecule has 0 radical (unpaired) electrons. The molecule has 0 aromatic heterocycles. The number of hydrogen-bond acceptors (Lipinski definition) is 1. The smallest absolute Gasteiger partial charge is 0.146 e. The Hall–Kier alpha value is -0.570. The van der Waals surface area contributed by atoms with Crippen molar-refractivity contribution in [3.63, 3.8) is 0 Å². The minimum atomic E-state index is -0.165. The molecule has 1 saturated carbocycles. The second kappa shape index (κ2) is 5.17. The molecule has 1 N–H and O–H groups in total. The van der Waals surface area contributed by atoms with Gasteiger partial charge in [0.15, 0.2) is 0 Å². The third kappa shape index (κ3) is 2.97. The molecule has 0 aliphatic heterocycles. The van der Waals surface area contributed by atoms with Gasteiger partial charge in [0.2, 0.25) is 0 Å². The maximum Gasteiger partial charge on any atom is 0.146 e. The van der Waals surface area contributed by atoms with E-state index in [0.717, 1.165) is 23.2 Å². The molecule has 3 heteroatoms. The summed E-state index contributed by atoms with van der Waals surface area (Å²) in [6.07, 6.45) is 4.78. The van der Waals surface area contributed by atoms with Gasteiger partial charge in [0.1, 0.15) is 5.82 Å². The number of benzene rings is 1. The molecule has 1 nitrogen and oxygen atoms in total. The quantitative estimate of drug-likeness (QED) is 0.839. The van der Waals surface area contributed by atoms with Crippen LogP contribution in [0.15, 0.2) is 22.7 Å². The van der Waals surface area contributed by atoms with Crippen molar-refractivity contribution in [2.75, 3.05) is 5.32 Å². The van der Waals surface area contributed by atoms with E-state index in [2.05, 4.69) is 28.2 Å². The minimum absolute atomic E-state index is 0.165. The second-order valence-electron chi connectivity index (χ2n) is 4.73. The Morgan fingerprint density at radius 3 is 2.62 bits per heavy atom. The summed E-state index contributed by atoms with van der Waals surface area (Å²) in [5.74, 6) is 0.659. The lowest BCUT2D eigenvalue weighted by Gasteiger charge is -2.27. The number of hydrogen-bond donors (Lipinski definition) is 1. The molecule has 1 aliphatic rings. The van der Waals surface area contributed by atoms with Crippen LogP contribution in [0.3, 0.4) is 0 Å². The van der Waals surface area contributed by atoms with E-state index in [1.807, 2.05) is 6.07 Å². The first-order valence-electron chi connectivity index (χ1n) is 5.87. The summed E-state index contributed by atoms with van der Waals surface area (Å²) in [7, 11) is 0. The molecule has 2 rings (SSSR count). The van der Waals surface area contributed by atoms with Crippen LogP contribution in [0.5, 0.6) is 0 Å². The molecule has 1 aliphatic carbocycles. The Bertz CT molecular complexity index is 359. The Kier molecular flexibility index (Phi) is 3.85. The summed E-state index contributed by atoms with van der Waals surface area (Å²) >= 11 is 3.36. The molecular weight excluding hydrogens is 269 g/mol. The van der Waals surface area contributed by atoms with Crippen LogP contribution in [-0.2, 0) is 0 Å². The normalized spacial score (nSPS) is 25.4. The van der Waals surface area contributed by atoms with Crippen LogP contribution in [0.4, 0.5) is 10.1 Å². The average molecular weight is 286 g/mol. The largest absolute Gasteiger partial charge is 0.380 e. The molecule has 0 atom stereocenters. The van der Waals surface area contributed by atoms with Crippen LogP contribution >= 0.6 is 15.9 Å². The minimum Gasteiger partial charge on any atom is -0.380 e. The van der Waals surface area contributed by atoms with Gasteiger partial charge in [-0.15, -0.1) is 0 Å². The molecular formula is C13H17BrFN. The van der Waals surface area contributed by atoms with Crippen LogP contribution in [0, 0.1) is 11.7 Å². The SMILES string of the molecule is CC1CCC(Nc2cc(Br)ccc2F)CC1. The molecule has 0 bridgehead atoms. The van der Waals surface area contributed by atoms with Gasteiger partial charge in [-0.25, -0.2) is 4.39 Å². The molecule has 88 valence electrons. The van der Waals surface area contributed by atoms with Gasteiger partial charge < -0.3 is 5.32 Å². The Morgan fingerprint density at radius 2 is 1.94 bits per heavy atom. The van der Waals surface area contributed by atoms with Crippen molar-refractivity contribution in [2.24, 2.45) is 5.92 Å². The zero-order chi connectivity index (χ0) is 11.5. The van der Waals surface area contributed by atoms with E-state index in [9.17, 15) is 4.39 Å². The van der Waals surface area contributed by atoms with E-state index in [-0.39, 0.29) is 5.82 Å². The molecule has 1 aromatic carbocycles. The van der Waals surface area contributed by atoms with E-state index in [1.54, 1.807) is 6.07 Å². The van der Waals surface area contributed by atoms with Crippen molar-refractivity contribution in [1.82, 2.24) is 0 Å². The lowest BCUT2D eigenvalue weighted by molar-refractivity contribution is 0.360. The van der Waals surface area contributed by atoms with Crippen LogP contribution in [0.2, 0.25) is 0 Å². The standard InChI is InChI=1S/C13H17BrFN/c1-9-2-5-11(6-3-9)16-13-8-10(14)4-7-12(13)15/h4,7-9,11,16H,2-3,5-6H2,1H3. The topological polar surface area (TPSA) is 12.0 Å². The molecule has 16 heavy (non-hydrogen) atoms. The third-order valence-electron chi connectivity index (χ3n) is 3.30. The summed E-state index contributed by atoms with van der Waals surface area (Å²) in [6.45, 7) is 2.29. The average Bonchev–Trinajstić information content (AvgIpc) is 2.27. The summed E-state index contributed by atoms with van der Waals surface area (Å²) in [5.41, 5.74) is 0.619. The van der Waals surface area contributed by atoms with E-state index in [1.165, 1.54) is 18.9 Å². The fourth-order valence-corrected chi connectivity index (χ4v) is 2.59. The molecule has 0 amide bonds. The Labute approximate surface area is 105 Å². The predicted molar refractivity (Wildman–Crippen MR) is 69.1 cm³/mol. The van der Waals surface area contributed by atoms with Crippen molar-refractivity contribution < 1.29 is 4.39 Å². The zero-order valence-corrected chi connectivity index (χ0v) is 11.1. The number of halogens is 2. The van der Waals surface area contributed by atoms with Gasteiger partial charge >= 0.3 is 0 Å². The summed E-state index contributed by atoms with van der Waals surface area (Å²) in [5, 5.41) is 3.31. The van der Waals surface area contributed by atoms with Gasteiger partial charge in [-0.2, -0.15) is 0 Å². The predicted octanol–water partition coefficient (Wildman–Crippen LogP) is 4.58. The first kappa shape index (κ1) is 11.9. The van der Waals surface area contributed by atoms with Crippen molar-refractivity contribution in [3.05, 3.63) is 28.5 Å². The van der Waals surface area contributed by atoms with Crippen molar-refractivity contribution in [3.8, 4) is 0 Å². The molecule has 0 spiro atoms. The maximum absolute atomic E-state index is 13.5. The van der Waals surface area contributed by atoms with Crippen LogP contribution in [0.25, 0.3) is 0 Å². The van der Waals surface area contributed by atoms with Gasteiger partial charge in [-0.1, -0.05) is 22.9 Å². The third-order valence-corrected chi connectivity index (χ3v) is 3.80. The molecule has 0 heterocycles. The van der Waals surface area contributed by atoms with Crippen LogP contribution in [-0.4, -0.2) is 6.04 Å².